The number of hydrogen-bond donors (Lipinski definition) is 2. The molecule has 0 atom stereocenters. The highest BCUT2D eigenvalue weighted by molar-refractivity contribution is 6.39. The monoisotopic (exact) mass is 308 g/mol. The number of nitrogens with one attached hydrogen (secondary N) is 2. The molecule has 2 amide bonds. The summed E-state index contributed by atoms with van der Waals surface area (Å²) in [6.07, 6.45) is 0. The number of anilines is 2. The van der Waals surface area contributed by atoms with E-state index < -0.39 is 0 Å². The lowest BCUT2D eigenvalue weighted by Crippen LogP contribution is -2.20. The van der Waals surface area contributed by atoms with Crippen molar-refractivity contribution in [3.63, 3.8) is 0 Å². The number of carbonyl (C=O) groups is 1. The van der Waals surface area contributed by atoms with Crippen LogP contribution < -0.4 is 10.6 Å². The molecular weight excluding hydrogens is 295 g/mol. The van der Waals surface area contributed by atoms with E-state index in [1.54, 1.807) is 18.2 Å². The van der Waals surface area contributed by atoms with Crippen molar-refractivity contribution in [1.29, 1.82) is 0 Å². The van der Waals surface area contributed by atoms with Gasteiger partial charge < -0.3 is 10.6 Å². The molecule has 0 aliphatic rings. The van der Waals surface area contributed by atoms with Crippen LogP contribution in [0.5, 0.6) is 0 Å². The second kappa shape index (κ2) is 6.16. The van der Waals surface area contributed by atoms with Gasteiger partial charge >= 0.3 is 6.03 Å². The fraction of sp³-hybridized carbons (Fsp3) is 0.133. The Kier molecular flexibility index (Phi) is 4.53. The summed E-state index contributed by atoms with van der Waals surface area (Å²) in [4.78, 5) is 12.0. The van der Waals surface area contributed by atoms with E-state index in [9.17, 15) is 4.79 Å². The third-order valence-corrected chi connectivity index (χ3v) is 3.47. The van der Waals surface area contributed by atoms with Crippen LogP contribution in [0, 0.1) is 13.8 Å². The van der Waals surface area contributed by atoms with Crippen molar-refractivity contribution in [2.75, 3.05) is 10.6 Å². The quantitative estimate of drug-likeness (QED) is 0.781. The van der Waals surface area contributed by atoms with Crippen molar-refractivity contribution in [3.8, 4) is 0 Å². The van der Waals surface area contributed by atoms with E-state index in [-0.39, 0.29) is 6.03 Å². The van der Waals surface area contributed by atoms with E-state index in [2.05, 4.69) is 10.6 Å². The van der Waals surface area contributed by atoms with Crippen molar-refractivity contribution in [3.05, 3.63) is 57.6 Å². The molecule has 0 saturated heterocycles. The highest BCUT2D eigenvalue weighted by atomic mass is 35.5. The number of halogens is 2. The van der Waals surface area contributed by atoms with E-state index in [0.717, 1.165) is 16.8 Å². The standard InChI is InChI=1S/C15H14Cl2N2O/c1-9-6-7-10(2)13(8-9)18-15(20)19-14-11(16)4-3-5-12(14)17/h3-8H,1-2H3,(H2,18,19,20). The molecule has 2 N–H and O–H groups in total. The number of carbonyl (C=O) groups excluding carboxylic acids is 1. The molecule has 2 aromatic rings. The maximum atomic E-state index is 12.0. The molecule has 0 aliphatic heterocycles. The molecule has 0 bridgehead atoms. The predicted molar refractivity (Wildman–Crippen MR) is 85.0 cm³/mol. The van der Waals surface area contributed by atoms with Crippen LogP contribution in [0.25, 0.3) is 0 Å². The Hall–Kier alpha value is -1.71. The largest absolute Gasteiger partial charge is 0.323 e. The van der Waals surface area contributed by atoms with Crippen molar-refractivity contribution in [1.82, 2.24) is 0 Å². The Morgan fingerprint density at radius 2 is 1.65 bits per heavy atom. The van der Waals surface area contributed by atoms with Crippen LogP contribution in [0.3, 0.4) is 0 Å². The van der Waals surface area contributed by atoms with Gasteiger partial charge in [-0.2, -0.15) is 0 Å². The number of rotatable bonds is 2. The molecule has 104 valence electrons. The van der Waals surface area contributed by atoms with Gasteiger partial charge in [-0.05, 0) is 43.2 Å². The van der Waals surface area contributed by atoms with Crippen LogP contribution in [0.2, 0.25) is 10.0 Å². The third-order valence-electron chi connectivity index (χ3n) is 2.84. The Bertz CT molecular complexity index is 636. The van der Waals surface area contributed by atoms with Crippen molar-refractivity contribution in [2.45, 2.75) is 13.8 Å². The maximum Gasteiger partial charge on any atom is 0.323 e. The Morgan fingerprint density at radius 1 is 1.00 bits per heavy atom. The average molecular weight is 309 g/mol. The SMILES string of the molecule is Cc1ccc(C)c(NC(=O)Nc2c(Cl)cccc2Cl)c1. The minimum absolute atomic E-state index is 0.381. The normalized spacial score (nSPS) is 10.2. The van der Waals surface area contributed by atoms with E-state index in [0.29, 0.717) is 15.7 Å². The molecule has 20 heavy (non-hydrogen) atoms. The van der Waals surface area contributed by atoms with Crippen molar-refractivity contribution in [2.24, 2.45) is 0 Å². The van der Waals surface area contributed by atoms with Gasteiger partial charge in [-0.15, -0.1) is 0 Å². The molecule has 3 nitrogen and oxygen atoms in total. The van der Waals surface area contributed by atoms with Gasteiger partial charge in [0.05, 0.1) is 15.7 Å². The average Bonchev–Trinajstić information content (AvgIpc) is 2.38. The van der Waals surface area contributed by atoms with Gasteiger partial charge in [0.1, 0.15) is 0 Å². The number of urea groups is 1. The first kappa shape index (κ1) is 14.7. The van der Waals surface area contributed by atoms with Gasteiger partial charge in [0.15, 0.2) is 0 Å². The topological polar surface area (TPSA) is 41.1 Å². The van der Waals surface area contributed by atoms with Gasteiger partial charge in [-0.3, -0.25) is 0 Å². The number of benzene rings is 2. The summed E-state index contributed by atoms with van der Waals surface area (Å²) in [6.45, 7) is 3.89. The summed E-state index contributed by atoms with van der Waals surface area (Å²) in [5.74, 6) is 0. The van der Waals surface area contributed by atoms with E-state index >= 15 is 0 Å². The summed E-state index contributed by atoms with van der Waals surface area (Å²) < 4.78 is 0. The fourth-order valence-electron chi connectivity index (χ4n) is 1.75. The summed E-state index contributed by atoms with van der Waals surface area (Å²) >= 11 is 12.0. The van der Waals surface area contributed by atoms with Gasteiger partial charge in [0.25, 0.3) is 0 Å². The summed E-state index contributed by atoms with van der Waals surface area (Å²) in [6, 6.07) is 10.5. The number of para-hydroxylation sites is 1. The zero-order chi connectivity index (χ0) is 14.7. The fourth-order valence-corrected chi connectivity index (χ4v) is 2.25. The number of hydrogen-bond acceptors (Lipinski definition) is 1. The van der Waals surface area contributed by atoms with Crippen LogP contribution in [0.15, 0.2) is 36.4 Å². The zero-order valence-corrected chi connectivity index (χ0v) is 12.6. The molecule has 0 fully saturated rings. The first-order valence-electron chi connectivity index (χ1n) is 6.06. The highest BCUT2D eigenvalue weighted by Gasteiger charge is 2.10. The molecular formula is C15H14Cl2N2O. The molecule has 0 aromatic heterocycles. The molecule has 2 rings (SSSR count). The first-order valence-corrected chi connectivity index (χ1v) is 6.82. The molecule has 0 heterocycles. The van der Waals surface area contributed by atoms with Gasteiger partial charge in [0, 0.05) is 5.69 Å². The molecule has 2 aromatic carbocycles. The lowest BCUT2D eigenvalue weighted by molar-refractivity contribution is 0.262. The summed E-state index contributed by atoms with van der Waals surface area (Å²) in [5, 5.41) is 6.24. The van der Waals surface area contributed by atoms with Gasteiger partial charge in [0.2, 0.25) is 0 Å². The lowest BCUT2D eigenvalue weighted by Gasteiger charge is -2.12. The molecule has 0 unspecified atom stereocenters. The van der Waals surface area contributed by atoms with Crippen LogP contribution in [-0.2, 0) is 0 Å². The molecule has 0 saturated carbocycles. The molecule has 0 spiro atoms. The predicted octanol–water partition coefficient (Wildman–Crippen LogP) is 5.25. The minimum Gasteiger partial charge on any atom is -0.307 e. The highest BCUT2D eigenvalue weighted by Crippen LogP contribution is 2.30. The molecule has 0 radical (unpaired) electrons. The molecule has 5 heteroatoms. The second-order valence-corrected chi connectivity index (χ2v) is 5.31. The van der Waals surface area contributed by atoms with Crippen LogP contribution >= 0.6 is 23.2 Å². The summed E-state index contributed by atoms with van der Waals surface area (Å²) in [7, 11) is 0. The third kappa shape index (κ3) is 3.44. The Morgan fingerprint density at radius 3 is 2.30 bits per heavy atom. The lowest BCUT2D eigenvalue weighted by atomic mass is 10.1. The van der Waals surface area contributed by atoms with E-state index in [1.165, 1.54) is 0 Å². The van der Waals surface area contributed by atoms with Gasteiger partial charge in [-0.1, -0.05) is 41.4 Å². The smallest absolute Gasteiger partial charge is 0.307 e. The maximum absolute atomic E-state index is 12.0. The minimum atomic E-state index is -0.381. The van der Waals surface area contributed by atoms with E-state index in [4.69, 9.17) is 23.2 Å². The van der Waals surface area contributed by atoms with Crippen LogP contribution in [0.4, 0.5) is 16.2 Å². The number of amides is 2. The first-order chi connectivity index (χ1) is 9.47. The van der Waals surface area contributed by atoms with Gasteiger partial charge in [-0.25, -0.2) is 4.79 Å². The van der Waals surface area contributed by atoms with E-state index in [1.807, 2.05) is 32.0 Å². The van der Waals surface area contributed by atoms with Crippen molar-refractivity contribution >= 4 is 40.6 Å². The molecule has 0 aliphatic carbocycles. The van der Waals surface area contributed by atoms with Crippen LogP contribution in [0.1, 0.15) is 11.1 Å². The second-order valence-electron chi connectivity index (χ2n) is 4.49. The van der Waals surface area contributed by atoms with Crippen LogP contribution in [-0.4, -0.2) is 6.03 Å². The Balaban J connectivity index is 2.15. The number of aryl methyl sites for hydroxylation is 2. The zero-order valence-electron chi connectivity index (χ0n) is 11.1. The summed E-state index contributed by atoms with van der Waals surface area (Å²) in [5.41, 5.74) is 3.21. The Labute approximate surface area is 127 Å². The van der Waals surface area contributed by atoms with Crippen molar-refractivity contribution < 1.29 is 4.79 Å².